The van der Waals surface area contributed by atoms with Crippen LogP contribution in [0.3, 0.4) is 0 Å². The van der Waals surface area contributed by atoms with Crippen LogP contribution in [0.2, 0.25) is 0 Å². The Morgan fingerprint density at radius 1 is 1.35 bits per heavy atom. The molecule has 1 saturated carbocycles. The van der Waals surface area contributed by atoms with E-state index in [2.05, 4.69) is 28.2 Å². The predicted molar refractivity (Wildman–Crippen MR) is 77.6 cm³/mol. The number of carbonyl (C=O) groups is 1. The van der Waals surface area contributed by atoms with Crippen molar-refractivity contribution in [2.24, 2.45) is 5.92 Å². The fourth-order valence-corrected chi connectivity index (χ4v) is 3.21. The maximum atomic E-state index is 13.7. The molecule has 2 rings (SSSR count). The summed E-state index contributed by atoms with van der Waals surface area (Å²) in [5, 5.41) is 2.77. The molecule has 1 amide bonds. The number of amides is 1. The fraction of sp³-hybridized carbons (Fsp3) is 0.533. The van der Waals surface area contributed by atoms with Gasteiger partial charge in [-0.15, -0.1) is 0 Å². The molecule has 1 aliphatic carbocycles. The van der Waals surface area contributed by atoms with Crippen LogP contribution in [0.1, 0.15) is 49.4 Å². The molecule has 0 aromatic heterocycles. The van der Waals surface area contributed by atoms with Crippen molar-refractivity contribution in [3.63, 3.8) is 0 Å². The quantitative estimate of drug-likeness (QED) is 0.862. The molecule has 2 unspecified atom stereocenters. The van der Waals surface area contributed by atoms with Crippen molar-refractivity contribution >= 4 is 21.8 Å². The number of hydrogen-bond acceptors (Lipinski definition) is 1. The number of nitrogens with one attached hydrogen (secondary N) is 1. The zero-order chi connectivity index (χ0) is 14.7. The van der Waals surface area contributed by atoms with Crippen molar-refractivity contribution in [2.45, 2.75) is 45.1 Å². The topological polar surface area (TPSA) is 29.1 Å². The molecule has 110 valence electrons. The number of hydrogen-bond donors (Lipinski definition) is 1. The van der Waals surface area contributed by atoms with Crippen LogP contribution in [0.15, 0.2) is 16.6 Å². The monoisotopic (exact) mass is 345 g/mol. The summed E-state index contributed by atoms with van der Waals surface area (Å²) in [7, 11) is 0. The van der Waals surface area contributed by atoms with Crippen LogP contribution in [0.5, 0.6) is 0 Å². The minimum atomic E-state index is -0.836. The summed E-state index contributed by atoms with van der Waals surface area (Å²) in [5.41, 5.74) is -0.494. The Morgan fingerprint density at radius 2 is 2.00 bits per heavy atom. The maximum Gasteiger partial charge on any atom is 0.257 e. The highest BCUT2D eigenvalue weighted by atomic mass is 79.9. The summed E-state index contributed by atoms with van der Waals surface area (Å²) in [6, 6.07) is 2.23. The lowest BCUT2D eigenvalue weighted by Gasteiger charge is -2.29. The van der Waals surface area contributed by atoms with E-state index in [-0.39, 0.29) is 10.5 Å². The van der Waals surface area contributed by atoms with E-state index in [4.69, 9.17) is 0 Å². The molecule has 5 heteroatoms. The van der Waals surface area contributed by atoms with Crippen molar-refractivity contribution in [1.82, 2.24) is 5.32 Å². The Morgan fingerprint density at radius 3 is 2.60 bits per heavy atom. The van der Waals surface area contributed by atoms with Gasteiger partial charge < -0.3 is 5.32 Å². The van der Waals surface area contributed by atoms with E-state index in [0.29, 0.717) is 5.92 Å². The molecule has 1 fully saturated rings. The molecule has 2 atom stereocenters. The van der Waals surface area contributed by atoms with E-state index in [1.165, 1.54) is 6.42 Å². The normalized spacial score (nSPS) is 22.6. The van der Waals surface area contributed by atoms with Crippen LogP contribution in [-0.2, 0) is 0 Å². The van der Waals surface area contributed by atoms with Gasteiger partial charge in [0.25, 0.3) is 5.91 Å². The molecule has 0 saturated heterocycles. The van der Waals surface area contributed by atoms with Gasteiger partial charge in [0, 0.05) is 10.5 Å². The summed E-state index contributed by atoms with van der Waals surface area (Å²) in [6.07, 6.45) is 5.07. The standard InChI is InChI=1S/C15H18BrF2NO/c1-2-9-4-3-5-11(6-9)19-15(20)14-12(17)7-10(16)8-13(14)18/h7-9,11H,2-6H2,1H3,(H,19,20). The molecule has 1 aromatic rings. The summed E-state index contributed by atoms with van der Waals surface area (Å²) >= 11 is 3.00. The highest BCUT2D eigenvalue weighted by molar-refractivity contribution is 9.10. The second-order valence-corrected chi connectivity index (χ2v) is 6.27. The van der Waals surface area contributed by atoms with E-state index in [1.54, 1.807) is 0 Å². The Bertz CT molecular complexity index is 484. The predicted octanol–water partition coefficient (Wildman–Crippen LogP) is 4.43. The van der Waals surface area contributed by atoms with Gasteiger partial charge in [-0.2, -0.15) is 0 Å². The largest absolute Gasteiger partial charge is 0.349 e. The lowest BCUT2D eigenvalue weighted by molar-refractivity contribution is 0.0910. The first-order valence-corrected chi connectivity index (χ1v) is 7.76. The van der Waals surface area contributed by atoms with Crippen LogP contribution in [0.4, 0.5) is 8.78 Å². The third-order valence-corrected chi connectivity index (χ3v) is 4.39. The average Bonchev–Trinajstić information content (AvgIpc) is 2.37. The molecule has 1 aromatic carbocycles. The molecule has 0 bridgehead atoms. The molecule has 1 N–H and O–H groups in total. The minimum absolute atomic E-state index is 0.0173. The van der Waals surface area contributed by atoms with Gasteiger partial charge in [-0.3, -0.25) is 4.79 Å². The third kappa shape index (κ3) is 3.57. The van der Waals surface area contributed by atoms with Crippen LogP contribution in [0.25, 0.3) is 0 Å². The fourth-order valence-electron chi connectivity index (χ4n) is 2.81. The number of halogens is 3. The summed E-state index contributed by atoms with van der Waals surface area (Å²) in [5.74, 6) is -1.74. The van der Waals surface area contributed by atoms with Gasteiger partial charge in [0.05, 0.1) is 0 Å². The first kappa shape index (κ1) is 15.4. The summed E-state index contributed by atoms with van der Waals surface area (Å²) < 4.78 is 27.7. The molecule has 0 spiro atoms. The van der Waals surface area contributed by atoms with Crippen LogP contribution in [-0.4, -0.2) is 11.9 Å². The van der Waals surface area contributed by atoms with E-state index >= 15 is 0 Å². The third-order valence-electron chi connectivity index (χ3n) is 3.93. The molecule has 0 heterocycles. The molecule has 0 radical (unpaired) electrons. The molecular weight excluding hydrogens is 328 g/mol. The van der Waals surface area contributed by atoms with Crippen molar-refractivity contribution < 1.29 is 13.6 Å². The van der Waals surface area contributed by atoms with E-state index in [9.17, 15) is 13.6 Å². The zero-order valence-electron chi connectivity index (χ0n) is 11.4. The molecule has 20 heavy (non-hydrogen) atoms. The van der Waals surface area contributed by atoms with Gasteiger partial charge in [0.1, 0.15) is 17.2 Å². The van der Waals surface area contributed by atoms with Gasteiger partial charge in [-0.1, -0.05) is 42.1 Å². The van der Waals surface area contributed by atoms with Gasteiger partial charge in [0.15, 0.2) is 0 Å². The number of benzene rings is 1. The van der Waals surface area contributed by atoms with Crippen molar-refractivity contribution in [2.75, 3.05) is 0 Å². The first-order valence-electron chi connectivity index (χ1n) is 6.96. The first-order chi connectivity index (χ1) is 9.51. The zero-order valence-corrected chi connectivity index (χ0v) is 13.0. The summed E-state index contributed by atoms with van der Waals surface area (Å²) in [6.45, 7) is 2.13. The van der Waals surface area contributed by atoms with Gasteiger partial charge in [0.2, 0.25) is 0 Å². The van der Waals surface area contributed by atoms with Gasteiger partial charge in [-0.25, -0.2) is 8.78 Å². The van der Waals surface area contributed by atoms with Gasteiger partial charge in [-0.05, 0) is 30.9 Å². The van der Waals surface area contributed by atoms with Crippen LogP contribution < -0.4 is 5.32 Å². The van der Waals surface area contributed by atoms with Crippen LogP contribution >= 0.6 is 15.9 Å². The highest BCUT2D eigenvalue weighted by Crippen LogP contribution is 2.27. The Balaban J connectivity index is 2.09. The van der Waals surface area contributed by atoms with Crippen molar-refractivity contribution in [1.29, 1.82) is 0 Å². The van der Waals surface area contributed by atoms with E-state index in [0.717, 1.165) is 37.8 Å². The smallest absolute Gasteiger partial charge is 0.257 e. The number of rotatable bonds is 3. The average molecular weight is 346 g/mol. The van der Waals surface area contributed by atoms with Crippen molar-refractivity contribution in [3.8, 4) is 0 Å². The van der Waals surface area contributed by atoms with E-state index < -0.39 is 23.1 Å². The second-order valence-electron chi connectivity index (χ2n) is 5.36. The van der Waals surface area contributed by atoms with Crippen molar-refractivity contribution in [3.05, 3.63) is 33.8 Å². The number of carbonyl (C=O) groups excluding carboxylic acids is 1. The lowest BCUT2D eigenvalue weighted by Crippen LogP contribution is -2.39. The molecule has 1 aliphatic rings. The maximum absolute atomic E-state index is 13.7. The van der Waals surface area contributed by atoms with Crippen LogP contribution in [0, 0.1) is 17.6 Å². The van der Waals surface area contributed by atoms with E-state index in [1.807, 2.05) is 0 Å². The Labute approximate surface area is 126 Å². The molecule has 2 nitrogen and oxygen atoms in total. The SMILES string of the molecule is CCC1CCCC(NC(=O)c2c(F)cc(Br)cc2F)C1. The molecular formula is C15H18BrF2NO. The second kappa shape index (κ2) is 6.66. The lowest BCUT2D eigenvalue weighted by atomic mass is 9.84. The Hall–Kier alpha value is -0.970. The Kier molecular flexibility index (Phi) is 5.13. The highest BCUT2D eigenvalue weighted by Gasteiger charge is 2.25. The minimum Gasteiger partial charge on any atom is -0.349 e. The summed E-state index contributed by atoms with van der Waals surface area (Å²) in [4.78, 5) is 12.1. The van der Waals surface area contributed by atoms with Gasteiger partial charge >= 0.3 is 0 Å². The molecule has 0 aliphatic heterocycles.